The summed E-state index contributed by atoms with van der Waals surface area (Å²) in [7, 11) is 0. The lowest BCUT2D eigenvalue weighted by Gasteiger charge is -2.33. The fraction of sp³-hybridized carbons (Fsp3) is 0.0556. The lowest BCUT2D eigenvalue weighted by atomic mass is 9.89. The van der Waals surface area contributed by atoms with E-state index < -0.39 is 0 Å². The highest BCUT2D eigenvalue weighted by Crippen LogP contribution is 2.40. The Labute approximate surface area is 230 Å². The molecule has 1 aliphatic carbocycles. The molecular formula is C36H24N2O2. The number of benzene rings is 4. The molecule has 1 unspecified atom stereocenters. The first-order valence-electron chi connectivity index (χ1n) is 13.7. The fourth-order valence-electron chi connectivity index (χ4n) is 6.33. The Bertz CT molecular complexity index is 2180. The molecule has 0 amide bonds. The maximum absolute atomic E-state index is 6.43. The molecule has 0 bridgehead atoms. The number of hydrogen-bond donors (Lipinski definition) is 2. The zero-order valence-electron chi connectivity index (χ0n) is 21.6. The highest BCUT2D eigenvalue weighted by atomic mass is 16.4. The summed E-state index contributed by atoms with van der Waals surface area (Å²) in [5, 5.41) is 11.7. The van der Waals surface area contributed by atoms with Crippen molar-refractivity contribution in [2.45, 2.75) is 6.04 Å². The van der Waals surface area contributed by atoms with Gasteiger partial charge in [0.15, 0.2) is 11.2 Å². The van der Waals surface area contributed by atoms with Crippen molar-refractivity contribution < 1.29 is 8.83 Å². The minimum absolute atomic E-state index is 0.123. The van der Waals surface area contributed by atoms with Crippen LogP contribution in [0.25, 0.3) is 60.7 Å². The van der Waals surface area contributed by atoms with E-state index in [1.54, 1.807) is 0 Å². The molecule has 2 aliphatic heterocycles. The van der Waals surface area contributed by atoms with E-state index in [-0.39, 0.29) is 6.04 Å². The van der Waals surface area contributed by atoms with Crippen LogP contribution in [0.15, 0.2) is 141 Å². The SMILES string of the molecule is C1=CC2=C(NC1)C1NC(c3ccc4oc5c(ccc6c7cc(-c8ccccc8)ccc7oc65)c4c3)=CC=C1C=C2. The summed E-state index contributed by atoms with van der Waals surface area (Å²) in [6, 6.07) is 27.7. The molecule has 0 spiro atoms. The van der Waals surface area contributed by atoms with E-state index in [4.69, 9.17) is 8.83 Å². The van der Waals surface area contributed by atoms with Gasteiger partial charge in [0.25, 0.3) is 0 Å². The van der Waals surface area contributed by atoms with Crippen molar-refractivity contribution in [3.63, 3.8) is 0 Å². The molecular weight excluding hydrogens is 492 g/mol. The van der Waals surface area contributed by atoms with Crippen LogP contribution in [-0.2, 0) is 0 Å². The van der Waals surface area contributed by atoms with Gasteiger partial charge in [-0.05, 0) is 76.4 Å². The summed E-state index contributed by atoms with van der Waals surface area (Å²) in [4.78, 5) is 0. The normalized spacial score (nSPS) is 18.1. The molecule has 4 heteroatoms. The molecule has 40 heavy (non-hydrogen) atoms. The summed E-state index contributed by atoms with van der Waals surface area (Å²) in [6.07, 6.45) is 13.1. The second-order valence-corrected chi connectivity index (χ2v) is 10.6. The van der Waals surface area contributed by atoms with Crippen LogP contribution in [0.2, 0.25) is 0 Å². The van der Waals surface area contributed by atoms with Gasteiger partial charge >= 0.3 is 0 Å². The van der Waals surface area contributed by atoms with Gasteiger partial charge in [-0.1, -0.05) is 66.8 Å². The third kappa shape index (κ3) is 3.13. The molecule has 4 aromatic carbocycles. The molecule has 190 valence electrons. The van der Waals surface area contributed by atoms with Crippen LogP contribution in [-0.4, -0.2) is 12.6 Å². The van der Waals surface area contributed by atoms with Gasteiger partial charge in [0.2, 0.25) is 0 Å². The average Bonchev–Trinajstić information content (AvgIpc) is 3.59. The number of dihydropyridines is 2. The van der Waals surface area contributed by atoms with Crippen LogP contribution < -0.4 is 10.6 Å². The minimum atomic E-state index is 0.123. The second kappa shape index (κ2) is 8.14. The number of nitrogens with one attached hydrogen (secondary N) is 2. The van der Waals surface area contributed by atoms with Crippen LogP contribution in [0.4, 0.5) is 0 Å². The molecule has 4 nitrogen and oxygen atoms in total. The topological polar surface area (TPSA) is 50.3 Å². The monoisotopic (exact) mass is 516 g/mol. The van der Waals surface area contributed by atoms with Gasteiger partial charge in [-0.3, -0.25) is 0 Å². The van der Waals surface area contributed by atoms with Gasteiger partial charge < -0.3 is 19.5 Å². The molecule has 2 aromatic heterocycles. The van der Waals surface area contributed by atoms with Crippen LogP contribution in [0.3, 0.4) is 0 Å². The molecule has 1 atom stereocenters. The first-order chi connectivity index (χ1) is 19.8. The number of hydrogen-bond acceptors (Lipinski definition) is 4. The maximum atomic E-state index is 6.43. The van der Waals surface area contributed by atoms with Gasteiger partial charge in [0, 0.05) is 39.5 Å². The third-order valence-electron chi connectivity index (χ3n) is 8.33. The van der Waals surface area contributed by atoms with Gasteiger partial charge in [-0.25, -0.2) is 0 Å². The number of fused-ring (bicyclic) bond motifs is 9. The first-order valence-corrected chi connectivity index (χ1v) is 13.7. The van der Waals surface area contributed by atoms with E-state index in [1.807, 2.05) is 6.07 Å². The summed E-state index contributed by atoms with van der Waals surface area (Å²) >= 11 is 0. The summed E-state index contributed by atoms with van der Waals surface area (Å²) in [5.41, 5.74) is 11.6. The Balaban J connectivity index is 1.15. The van der Waals surface area contributed by atoms with Gasteiger partial charge in [0.1, 0.15) is 11.2 Å². The molecule has 9 rings (SSSR count). The van der Waals surface area contributed by atoms with Gasteiger partial charge in [0.05, 0.1) is 6.04 Å². The predicted octanol–water partition coefficient (Wildman–Crippen LogP) is 8.37. The molecule has 2 N–H and O–H groups in total. The van der Waals surface area contributed by atoms with Crippen molar-refractivity contribution in [3.05, 3.63) is 138 Å². The second-order valence-electron chi connectivity index (χ2n) is 10.6. The number of rotatable bonds is 2. The van der Waals surface area contributed by atoms with E-state index in [0.29, 0.717) is 0 Å². The van der Waals surface area contributed by atoms with Crippen LogP contribution in [0.1, 0.15) is 5.56 Å². The zero-order valence-corrected chi connectivity index (χ0v) is 21.6. The third-order valence-corrected chi connectivity index (χ3v) is 8.33. The van der Waals surface area contributed by atoms with Crippen molar-refractivity contribution in [1.29, 1.82) is 0 Å². The summed E-state index contributed by atoms with van der Waals surface area (Å²) in [5.74, 6) is 0. The molecule has 0 radical (unpaired) electrons. The Morgan fingerprint density at radius 1 is 0.625 bits per heavy atom. The minimum Gasteiger partial charge on any atom is -0.452 e. The Morgan fingerprint density at radius 2 is 1.35 bits per heavy atom. The van der Waals surface area contributed by atoms with Crippen molar-refractivity contribution >= 4 is 49.6 Å². The molecule has 0 saturated heterocycles. The smallest absolute Gasteiger partial charge is 0.178 e. The summed E-state index contributed by atoms with van der Waals surface area (Å²) < 4.78 is 12.8. The van der Waals surface area contributed by atoms with E-state index in [0.717, 1.165) is 61.7 Å². The van der Waals surface area contributed by atoms with E-state index in [9.17, 15) is 0 Å². The molecule has 6 aromatic rings. The van der Waals surface area contributed by atoms with Crippen molar-refractivity contribution in [1.82, 2.24) is 10.6 Å². The predicted molar refractivity (Wildman–Crippen MR) is 163 cm³/mol. The van der Waals surface area contributed by atoms with Crippen LogP contribution in [0.5, 0.6) is 0 Å². The quantitative estimate of drug-likeness (QED) is 0.243. The summed E-state index contributed by atoms with van der Waals surface area (Å²) in [6.45, 7) is 0.855. The Hall–Kier alpha value is -5.22. The van der Waals surface area contributed by atoms with Gasteiger partial charge in [-0.2, -0.15) is 0 Å². The van der Waals surface area contributed by atoms with Crippen molar-refractivity contribution in [3.8, 4) is 11.1 Å². The average molecular weight is 517 g/mol. The Morgan fingerprint density at radius 3 is 2.12 bits per heavy atom. The number of furan rings is 2. The van der Waals surface area contributed by atoms with Crippen molar-refractivity contribution in [2.75, 3.05) is 6.54 Å². The Kier molecular flexibility index (Phi) is 4.41. The van der Waals surface area contributed by atoms with Crippen LogP contribution >= 0.6 is 0 Å². The van der Waals surface area contributed by atoms with Crippen molar-refractivity contribution in [2.24, 2.45) is 0 Å². The zero-order chi connectivity index (χ0) is 26.2. The standard InChI is InChI=1S/C36H24N2O2/c1-2-5-21(6-3-1)24-11-16-31-28(19-24)26-13-14-27-29-20-25(12-17-32(29)40-36(27)35(26)39-31)30-15-10-23-9-8-22-7-4-18-37-33(22)34(23)38-30/h1-17,19-20,34,37-38H,18H2. The lowest BCUT2D eigenvalue weighted by molar-refractivity contribution is 0.633. The van der Waals surface area contributed by atoms with Crippen LogP contribution in [0, 0.1) is 0 Å². The first kappa shape index (κ1) is 21.7. The molecule has 3 aliphatic rings. The fourth-order valence-corrected chi connectivity index (χ4v) is 6.33. The maximum Gasteiger partial charge on any atom is 0.178 e. The lowest BCUT2D eigenvalue weighted by Crippen LogP contribution is -2.41. The largest absolute Gasteiger partial charge is 0.452 e. The van der Waals surface area contributed by atoms with E-state index >= 15 is 0 Å². The molecule has 4 heterocycles. The highest BCUT2D eigenvalue weighted by Gasteiger charge is 2.27. The molecule has 0 saturated carbocycles. The highest BCUT2D eigenvalue weighted by molar-refractivity contribution is 6.19. The van der Waals surface area contributed by atoms with E-state index in [2.05, 4.69) is 120 Å². The number of allylic oxidation sites excluding steroid dienone is 5. The van der Waals surface area contributed by atoms with E-state index in [1.165, 1.54) is 28.0 Å². The molecule has 0 fully saturated rings. The van der Waals surface area contributed by atoms with Gasteiger partial charge in [-0.15, -0.1) is 0 Å².